The number of anilines is 2. The Morgan fingerprint density at radius 2 is 1.84 bits per heavy atom. The maximum absolute atomic E-state index is 5.89. The average Bonchev–Trinajstić information content (AvgIpc) is 2.44. The molecule has 2 N–H and O–H groups in total. The van der Waals surface area contributed by atoms with Crippen LogP contribution >= 0.6 is 15.9 Å². The summed E-state index contributed by atoms with van der Waals surface area (Å²) < 4.78 is 6.13. The summed E-state index contributed by atoms with van der Waals surface area (Å²) in [4.78, 5) is 2.17. The Kier molecular flexibility index (Phi) is 4.32. The second-order valence-electron chi connectivity index (χ2n) is 4.37. The molecule has 0 spiro atoms. The zero-order valence-electron chi connectivity index (χ0n) is 11.1. The Labute approximate surface area is 122 Å². The predicted octanol–water partition coefficient (Wildman–Crippen LogP) is 3.68. The van der Waals surface area contributed by atoms with Gasteiger partial charge < -0.3 is 15.4 Å². The van der Waals surface area contributed by atoms with Gasteiger partial charge in [0, 0.05) is 29.4 Å². The van der Waals surface area contributed by atoms with Crippen LogP contribution in [0.25, 0.3) is 0 Å². The standard InChI is InChI=1S/C15H17BrN2O/c1-18(12-6-8-13(19-2)9-7-12)10-11-4-3-5-14(17)15(11)16/h3-9H,10,17H2,1-2H3. The number of nitrogens with zero attached hydrogens (tertiary/aromatic N) is 1. The molecule has 0 aromatic heterocycles. The van der Waals surface area contributed by atoms with E-state index in [0.717, 1.165) is 28.1 Å². The number of rotatable bonds is 4. The maximum atomic E-state index is 5.89. The van der Waals surface area contributed by atoms with Crippen molar-refractivity contribution < 1.29 is 4.74 Å². The van der Waals surface area contributed by atoms with E-state index in [4.69, 9.17) is 10.5 Å². The quantitative estimate of drug-likeness (QED) is 0.873. The molecular formula is C15H17BrN2O. The Morgan fingerprint density at radius 3 is 2.47 bits per heavy atom. The van der Waals surface area contributed by atoms with Crippen LogP contribution in [0.4, 0.5) is 11.4 Å². The van der Waals surface area contributed by atoms with Crippen molar-refractivity contribution in [1.82, 2.24) is 0 Å². The van der Waals surface area contributed by atoms with Gasteiger partial charge in [0.2, 0.25) is 0 Å². The third-order valence-corrected chi connectivity index (χ3v) is 4.00. The van der Waals surface area contributed by atoms with Crippen molar-refractivity contribution in [3.63, 3.8) is 0 Å². The van der Waals surface area contributed by atoms with Gasteiger partial charge in [0.05, 0.1) is 7.11 Å². The minimum atomic E-state index is 0.764. The maximum Gasteiger partial charge on any atom is 0.119 e. The molecule has 0 saturated heterocycles. The highest BCUT2D eigenvalue weighted by Gasteiger charge is 2.07. The highest BCUT2D eigenvalue weighted by molar-refractivity contribution is 9.10. The van der Waals surface area contributed by atoms with Crippen LogP contribution < -0.4 is 15.4 Å². The topological polar surface area (TPSA) is 38.5 Å². The number of hydrogen-bond donors (Lipinski definition) is 1. The number of nitrogen functional groups attached to an aromatic ring is 1. The number of methoxy groups -OCH3 is 1. The largest absolute Gasteiger partial charge is 0.497 e. The van der Waals surface area contributed by atoms with E-state index in [0.29, 0.717) is 0 Å². The first kappa shape index (κ1) is 13.7. The normalized spacial score (nSPS) is 10.3. The third-order valence-electron chi connectivity index (χ3n) is 3.03. The molecule has 0 aliphatic carbocycles. The van der Waals surface area contributed by atoms with Crippen molar-refractivity contribution >= 4 is 27.3 Å². The fraction of sp³-hybridized carbons (Fsp3) is 0.200. The highest BCUT2D eigenvalue weighted by Crippen LogP contribution is 2.26. The molecule has 0 aliphatic heterocycles. The van der Waals surface area contributed by atoms with E-state index in [1.807, 2.05) is 36.4 Å². The SMILES string of the molecule is COc1ccc(N(C)Cc2cccc(N)c2Br)cc1. The van der Waals surface area contributed by atoms with Gasteiger partial charge in [0.1, 0.15) is 5.75 Å². The van der Waals surface area contributed by atoms with E-state index in [1.54, 1.807) is 7.11 Å². The van der Waals surface area contributed by atoms with Gasteiger partial charge in [-0.25, -0.2) is 0 Å². The molecule has 3 nitrogen and oxygen atoms in total. The van der Waals surface area contributed by atoms with Crippen LogP contribution in [0.5, 0.6) is 5.75 Å². The van der Waals surface area contributed by atoms with Gasteiger partial charge in [-0.2, -0.15) is 0 Å². The van der Waals surface area contributed by atoms with Crippen LogP contribution in [-0.2, 0) is 6.54 Å². The fourth-order valence-electron chi connectivity index (χ4n) is 1.91. The number of ether oxygens (including phenoxy) is 1. The molecule has 2 aromatic carbocycles. The predicted molar refractivity (Wildman–Crippen MR) is 83.7 cm³/mol. The van der Waals surface area contributed by atoms with Crippen LogP contribution in [0.1, 0.15) is 5.56 Å². The zero-order valence-corrected chi connectivity index (χ0v) is 12.6. The molecule has 0 heterocycles. The Bertz CT molecular complexity index is 555. The zero-order chi connectivity index (χ0) is 13.8. The molecule has 0 radical (unpaired) electrons. The van der Waals surface area contributed by atoms with Crippen molar-refractivity contribution in [1.29, 1.82) is 0 Å². The molecule has 0 fully saturated rings. The van der Waals surface area contributed by atoms with Crippen molar-refractivity contribution in [3.05, 3.63) is 52.5 Å². The molecule has 0 atom stereocenters. The van der Waals surface area contributed by atoms with Gasteiger partial charge in [-0.3, -0.25) is 0 Å². The molecule has 100 valence electrons. The second-order valence-corrected chi connectivity index (χ2v) is 5.17. The molecule has 0 amide bonds. The van der Waals surface area contributed by atoms with Crippen molar-refractivity contribution in [3.8, 4) is 5.75 Å². The smallest absolute Gasteiger partial charge is 0.119 e. The van der Waals surface area contributed by atoms with E-state index in [-0.39, 0.29) is 0 Å². The lowest BCUT2D eigenvalue weighted by Gasteiger charge is -2.20. The Hall–Kier alpha value is -1.68. The summed E-state index contributed by atoms with van der Waals surface area (Å²) in [6, 6.07) is 13.9. The molecule has 0 saturated carbocycles. The first-order chi connectivity index (χ1) is 9.11. The molecule has 2 aromatic rings. The summed E-state index contributed by atoms with van der Waals surface area (Å²) in [7, 11) is 3.72. The number of nitrogens with two attached hydrogens (primary N) is 1. The van der Waals surface area contributed by atoms with Gasteiger partial charge in [-0.1, -0.05) is 12.1 Å². The number of benzene rings is 2. The van der Waals surface area contributed by atoms with Crippen LogP contribution in [0.15, 0.2) is 46.9 Å². The van der Waals surface area contributed by atoms with Crippen LogP contribution in [-0.4, -0.2) is 14.2 Å². The Morgan fingerprint density at radius 1 is 1.16 bits per heavy atom. The second kappa shape index (κ2) is 5.97. The van der Waals surface area contributed by atoms with Gasteiger partial charge in [0.15, 0.2) is 0 Å². The van der Waals surface area contributed by atoms with Gasteiger partial charge in [-0.05, 0) is 51.8 Å². The monoisotopic (exact) mass is 320 g/mol. The first-order valence-corrected chi connectivity index (χ1v) is 6.79. The lowest BCUT2D eigenvalue weighted by molar-refractivity contribution is 0.415. The number of halogens is 1. The summed E-state index contributed by atoms with van der Waals surface area (Å²) in [5.74, 6) is 0.863. The summed E-state index contributed by atoms with van der Waals surface area (Å²) in [6.07, 6.45) is 0. The lowest BCUT2D eigenvalue weighted by Crippen LogP contribution is -2.16. The molecule has 0 bridgehead atoms. The summed E-state index contributed by atoms with van der Waals surface area (Å²) in [6.45, 7) is 0.790. The average molecular weight is 321 g/mol. The van der Waals surface area contributed by atoms with E-state index in [9.17, 15) is 0 Å². The molecule has 0 aliphatic rings. The van der Waals surface area contributed by atoms with E-state index in [1.165, 1.54) is 5.56 Å². The molecule has 2 rings (SSSR count). The molecular weight excluding hydrogens is 304 g/mol. The van der Waals surface area contributed by atoms with Gasteiger partial charge >= 0.3 is 0 Å². The molecule has 0 unspecified atom stereocenters. The van der Waals surface area contributed by atoms with E-state index >= 15 is 0 Å². The van der Waals surface area contributed by atoms with Crippen molar-refractivity contribution in [2.24, 2.45) is 0 Å². The van der Waals surface area contributed by atoms with Gasteiger partial charge in [0.25, 0.3) is 0 Å². The van der Waals surface area contributed by atoms with Crippen molar-refractivity contribution in [2.75, 3.05) is 24.8 Å². The number of hydrogen-bond acceptors (Lipinski definition) is 3. The van der Waals surface area contributed by atoms with Crippen LogP contribution in [0.2, 0.25) is 0 Å². The van der Waals surface area contributed by atoms with E-state index < -0.39 is 0 Å². The summed E-state index contributed by atoms with van der Waals surface area (Å²) in [5.41, 5.74) is 8.95. The molecule has 19 heavy (non-hydrogen) atoms. The molecule has 4 heteroatoms. The minimum Gasteiger partial charge on any atom is -0.497 e. The minimum absolute atomic E-state index is 0.764. The third kappa shape index (κ3) is 3.20. The first-order valence-electron chi connectivity index (χ1n) is 6.00. The summed E-state index contributed by atoms with van der Waals surface area (Å²) >= 11 is 3.53. The highest BCUT2D eigenvalue weighted by atomic mass is 79.9. The Balaban J connectivity index is 2.15. The van der Waals surface area contributed by atoms with Crippen molar-refractivity contribution in [2.45, 2.75) is 6.54 Å². The van der Waals surface area contributed by atoms with Crippen LogP contribution in [0.3, 0.4) is 0 Å². The fourth-order valence-corrected chi connectivity index (χ4v) is 2.29. The van der Waals surface area contributed by atoms with Gasteiger partial charge in [-0.15, -0.1) is 0 Å². The van der Waals surface area contributed by atoms with E-state index in [2.05, 4.69) is 33.9 Å². The van der Waals surface area contributed by atoms with Crippen LogP contribution in [0, 0.1) is 0 Å². The summed E-state index contributed by atoms with van der Waals surface area (Å²) in [5, 5.41) is 0. The lowest BCUT2D eigenvalue weighted by atomic mass is 10.2.